The van der Waals surface area contributed by atoms with Crippen LogP contribution in [0.3, 0.4) is 0 Å². The van der Waals surface area contributed by atoms with E-state index in [1.54, 1.807) is 11.3 Å². The number of hydrogen-bond donors (Lipinski definition) is 1. The third kappa shape index (κ3) is 3.41. The highest BCUT2D eigenvalue weighted by molar-refractivity contribution is 9.11. The van der Waals surface area contributed by atoms with Crippen LogP contribution in [0.1, 0.15) is 29.3 Å². The van der Waals surface area contributed by atoms with E-state index >= 15 is 0 Å². The van der Waals surface area contributed by atoms with Gasteiger partial charge in [0.1, 0.15) is 0 Å². The number of fused-ring (bicyclic) bond motifs is 1. The number of piperidine rings is 1. The molecule has 0 radical (unpaired) electrons. The molecule has 134 valence electrons. The topological polar surface area (TPSA) is 53.4 Å². The predicted octanol–water partition coefficient (Wildman–Crippen LogP) is 4.94. The Morgan fingerprint density at radius 3 is 2.65 bits per heavy atom. The van der Waals surface area contributed by atoms with Crippen molar-refractivity contribution in [2.45, 2.75) is 18.9 Å². The largest absolute Gasteiger partial charge is 0.481 e. The van der Waals surface area contributed by atoms with Gasteiger partial charge in [-0.3, -0.25) is 14.7 Å². The number of para-hydroxylation sites is 1. The molecule has 1 N–H and O–H groups in total. The zero-order chi connectivity index (χ0) is 18.1. The molecule has 0 aliphatic carbocycles. The molecular weight excluding hydrogens is 412 g/mol. The van der Waals surface area contributed by atoms with E-state index in [0.717, 1.165) is 27.8 Å². The third-order valence-electron chi connectivity index (χ3n) is 5.08. The number of benzene rings is 1. The van der Waals surface area contributed by atoms with Crippen LogP contribution in [0.2, 0.25) is 0 Å². The number of nitrogens with zero attached hydrogens (tertiary/aromatic N) is 2. The lowest BCUT2D eigenvalue weighted by atomic mass is 9.93. The highest BCUT2D eigenvalue weighted by Crippen LogP contribution is 2.39. The van der Waals surface area contributed by atoms with E-state index in [2.05, 4.69) is 50.1 Å². The summed E-state index contributed by atoms with van der Waals surface area (Å²) in [5, 5.41) is 10.5. The molecule has 1 unspecified atom stereocenters. The van der Waals surface area contributed by atoms with Crippen LogP contribution >= 0.6 is 27.3 Å². The lowest BCUT2D eigenvalue weighted by molar-refractivity contribution is -0.143. The molecule has 0 saturated carbocycles. The maximum absolute atomic E-state index is 11.3. The Labute approximate surface area is 164 Å². The van der Waals surface area contributed by atoms with Crippen molar-refractivity contribution in [1.82, 2.24) is 9.88 Å². The fraction of sp³-hybridized carbons (Fsp3) is 0.300. The monoisotopic (exact) mass is 430 g/mol. The Kier molecular flexibility index (Phi) is 5.07. The van der Waals surface area contributed by atoms with Gasteiger partial charge in [0.25, 0.3) is 0 Å². The van der Waals surface area contributed by atoms with Crippen LogP contribution in [-0.4, -0.2) is 34.0 Å². The summed E-state index contributed by atoms with van der Waals surface area (Å²) in [6, 6.07) is 14.7. The lowest BCUT2D eigenvalue weighted by Gasteiger charge is -2.36. The minimum atomic E-state index is -0.672. The highest BCUT2D eigenvalue weighted by atomic mass is 79.9. The number of likely N-dealkylation sites (tertiary alicyclic amines) is 1. The number of aliphatic carboxylic acids is 1. The fourth-order valence-corrected chi connectivity index (χ4v) is 5.34. The summed E-state index contributed by atoms with van der Waals surface area (Å²) in [6.45, 7) is 1.57. The van der Waals surface area contributed by atoms with Crippen LogP contribution in [0.25, 0.3) is 10.9 Å². The highest BCUT2D eigenvalue weighted by Gasteiger charge is 2.31. The van der Waals surface area contributed by atoms with Crippen molar-refractivity contribution in [2.75, 3.05) is 13.1 Å². The molecule has 4 rings (SSSR count). The first-order valence-electron chi connectivity index (χ1n) is 8.69. The third-order valence-corrected chi connectivity index (χ3v) is 6.76. The van der Waals surface area contributed by atoms with Gasteiger partial charge in [0, 0.05) is 16.5 Å². The average molecular weight is 431 g/mol. The first-order valence-corrected chi connectivity index (χ1v) is 10.3. The molecule has 2 aromatic heterocycles. The predicted molar refractivity (Wildman–Crippen MR) is 108 cm³/mol. The summed E-state index contributed by atoms with van der Waals surface area (Å²) in [5.74, 6) is -0.898. The van der Waals surface area contributed by atoms with Crippen LogP contribution in [0.5, 0.6) is 0 Å². The maximum Gasteiger partial charge on any atom is 0.306 e. The molecule has 3 aromatic rings. The Hall–Kier alpha value is -1.76. The molecule has 3 heterocycles. The van der Waals surface area contributed by atoms with Crippen molar-refractivity contribution in [3.8, 4) is 0 Å². The lowest BCUT2D eigenvalue weighted by Crippen LogP contribution is -2.39. The number of pyridine rings is 1. The van der Waals surface area contributed by atoms with Crippen molar-refractivity contribution in [1.29, 1.82) is 0 Å². The first-order chi connectivity index (χ1) is 12.6. The number of thiophene rings is 1. The van der Waals surface area contributed by atoms with Crippen molar-refractivity contribution in [3.05, 3.63) is 62.9 Å². The van der Waals surface area contributed by atoms with E-state index < -0.39 is 5.97 Å². The van der Waals surface area contributed by atoms with Gasteiger partial charge in [-0.15, -0.1) is 11.3 Å². The molecule has 1 aromatic carbocycles. The summed E-state index contributed by atoms with van der Waals surface area (Å²) in [6.07, 6.45) is 3.26. The van der Waals surface area contributed by atoms with Gasteiger partial charge in [-0.25, -0.2) is 0 Å². The Bertz CT molecular complexity index is 929. The molecular formula is C20H19BrN2O2S. The van der Waals surface area contributed by atoms with E-state index in [-0.39, 0.29) is 12.0 Å². The minimum absolute atomic E-state index is 0.119. The zero-order valence-electron chi connectivity index (χ0n) is 14.1. The van der Waals surface area contributed by atoms with Gasteiger partial charge in [0.2, 0.25) is 0 Å². The maximum atomic E-state index is 11.3. The van der Waals surface area contributed by atoms with E-state index in [4.69, 9.17) is 0 Å². The van der Waals surface area contributed by atoms with Gasteiger partial charge in [-0.1, -0.05) is 18.2 Å². The second kappa shape index (κ2) is 7.47. The molecule has 26 heavy (non-hydrogen) atoms. The van der Waals surface area contributed by atoms with Crippen molar-refractivity contribution < 1.29 is 9.90 Å². The molecule has 6 heteroatoms. The van der Waals surface area contributed by atoms with Crippen molar-refractivity contribution in [3.63, 3.8) is 0 Å². The fourth-order valence-electron chi connectivity index (χ4n) is 3.77. The van der Waals surface area contributed by atoms with E-state index in [1.165, 1.54) is 10.4 Å². The molecule has 1 atom stereocenters. The Morgan fingerprint density at radius 2 is 1.96 bits per heavy atom. The summed E-state index contributed by atoms with van der Waals surface area (Å²) in [5.41, 5.74) is 2.23. The molecule has 1 fully saturated rings. The number of hydrogen-bond acceptors (Lipinski definition) is 4. The number of aromatic nitrogens is 1. The number of carbonyl (C=O) groups is 1. The standard InChI is InChI=1S/C20H19BrN2O2S/c21-18-6-5-17(26-18)19(23-11-8-13(9-12-23)20(24)25)15-7-10-22-16-4-2-1-3-14(15)16/h1-7,10,13,19H,8-9,11-12H2,(H,24,25). The minimum Gasteiger partial charge on any atom is -0.481 e. The van der Waals surface area contributed by atoms with Crippen LogP contribution in [0, 0.1) is 5.92 Å². The van der Waals surface area contributed by atoms with Crippen LogP contribution in [0.4, 0.5) is 0 Å². The van der Waals surface area contributed by atoms with Crippen molar-refractivity contribution >= 4 is 44.1 Å². The van der Waals surface area contributed by atoms with Gasteiger partial charge < -0.3 is 5.11 Å². The Balaban J connectivity index is 1.76. The van der Waals surface area contributed by atoms with Crippen LogP contribution in [-0.2, 0) is 4.79 Å². The molecule has 1 saturated heterocycles. The number of carboxylic acids is 1. The molecule has 4 nitrogen and oxygen atoms in total. The summed E-state index contributed by atoms with van der Waals surface area (Å²) in [7, 11) is 0. The zero-order valence-corrected chi connectivity index (χ0v) is 16.5. The summed E-state index contributed by atoms with van der Waals surface area (Å²) in [4.78, 5) is 19.5. The van der Waals surface area contributed by atoms with Gasteiger partial charge in [-0.2, -0.15) is 0 Å². The SMILES string of the molecule is O=C(O)C1CCN(C(c2ccc(Br)s2)c2ccnc3ccccc23)CC1. The quantitative estimate of drug-likeness (QED) is 0.636. The van der Waals surface area contributed by atoms with Gasteiger partial charge in [0.05, 0.1) is 21.3 Å². The number of rotatable bonds is 4. The summed E-state index contributed by atoms with van der Waals surface area (Å²) < 4.78 is 1.11. The normalized spacial score (nSPS) is 17.4. The average Bonchev–Trinajstić information content (AvgIpc) is 3.08. The molecule has 0 bridgehead atoms. The van der Waals surface area contributed by atoms with E-state index in [9.17, 15) is 9.90 Å². The Morgan fingerprint density at radius 1 is 1.19 bits per heavy atom. The molecule has 1 aliphatic rings. The number of halogens is 1. The second-order valence-corrected chi connectivity index (χ2v) is 9.10. The molecule has 0 amide bonds. The second-order valence-electron chi connectivity index (χ2n) is 6.61. The number of carboxylic acid groups (broad SMARTS) is 1. The first kappa shape index (κ1) is 17.6. The van der Waals surface area contributed by atoms with Gasteiger partial charge >= 0.3 is 5.97 Å². The van der Waals surface area contributed by atoms with Crippen LogP contribution in [0.15, 0.2) is 52.4 Å². The van der Waals surface area contributed by atoms with Gasteiger partial charge in [-0.05, 0) is 71.7 Å². The van der Waals surface area contributed by atoms with E-state index in [0.29, 0.717) is 12.8 Å². The van der Waals surface area contributed by atoms with Crippen LogP contribution < -0.4 is 0 Å². The molecule has 0 spiro atoms. The van der Waals surface area contributed by atoms with E-state index in [1.807, 2.05) is 24.4 Å². The van der Waals surface area contributed by atoms with Crippen molar-refractivity contribution in [2.24, 2.45) is 5.92 Å². The molecule has 1 aliphatic heterocycles. The smallest absolute Gasteiger partial charge is 0.306 e. The van der Waals surface area contributed by atoms with Gasteiger partial charge in [0.15, 0.2) is 0 Å². The summed E-state index contributed by atoms with van der Waals surface area (Å²) >= 11 is 5.32.